The summed E-state index contributed by atoms with van der Waals surface area (Å²) in [5.41, 5.74) is 1.00. The van der Waals surface area contributed by atoms with Gasteiger partial charge in [-0.05, 0) is 24.1 Å². The molecule has 0 spiro atoms. The van der Waals surface area contributed by atoms with Crippen LogP contribution in [-0.2, 0) is 16.1 Å². The Morgan fingerprint density at radius 3 is 3.13 bits per heavy atom. The zero-order valence-electron chi connectivity index (χ0n) is 12.3. The maximum Gasteiger partial charge on any atom is 0.228 e. The van der Waals surface area contributed by atoms with Gasteiger partial charge in [-0.1, -0.05) is 6.07 Å². The average Bonchev–Trinajstić information content (AvgIpc) is 3.03. The van der Waals surface area contributed by atoms with Gasteiger partial charge in [0.1, 0.15) is 18.5 Å². The quantitative estimate of drug-likeness (QED) is 0.807. The van der Waals surface area contributed by atoms with Crippen molar-refractivity contribution in [3.8, 4) is 0 Å². The van der Waals surface area contributed by atoms with Crippen molar-refractivity contribution in [1.29, 1.82) is 0 Å². The minimum atomic E-state index is -0.592. The van der Waals surface area contributed by atoms with Crippen molar-refractivity contribution >= 4 is 17.5 Å². The minimum Gasteiger partial charge on any atom is -0.355 e. The molecule has 120 valence electrons. The van der Waals surface area contributed by atoms with Crippen molar-refractivity contribution in [3.63, 3.8) is 0 Å². The van der Waals surface area contributed by atoms with Crippen LogP contribution in [0.5, 0.6) is 0 Å². The monoisotopic (exact) mass is 317 g/mol. The molecule has 0 radical (unpaired) electrons. The van der Waals surface area contributed by atoms with Crippen LogP contribution >= 0.6 is 0 Å². The van der Waals surface area contributed by atoms with Crippen molar-refractivity contribution in [1.82, 2.24) is 20.1 Å². The third kappa shape index (κ3) is 3.53. The number of amides is 2. The SMILES string of the molecule is O=C1C[C@H](C(=O)NCCCn2cncn2)c2ccc(F)cc2N1. The van der Waals surface area contributed by atoms with Gasteiger partial charge in [0.25, 0.3) is 0 Å². The number of carbonyl (C=O) groups is 2. The van der Waals surface area contributed by atoms with Crippen LogP contribution in [0.15, 0.2) is 30.9 Å². The lowest BCUT2D eigenvalue weighted by Gasteiger charge is -2.24. The number of nitrogens with zero attached hydrogens (tertiary/aromatic N) is 3. The lowest BCUT2D eigenvalue weighted by molar-refractivity contribution is -0.126. The van der Waals surface area contributed by atoms with Gasteiger partial charge in [-0.2, -0.15) is 5.10 Å². The largest absolute Gasteiger partial charge is 0.355 e. The Kier molecular flexibility index (Phi) is 4.31. The first kappa shape index (κ1) is 15.1. The Morgan fingerprint density at radius 2 is 2.35 bits per heavy atom. The Bertz CT molecular complexity index is 717. The van der Waals surface area contributed by atoms with Gasteiger partial charge in [0.15, 0.2) is 0 Å². The predicted molar refractivity (Wildman–Crippen MR) is 80.0 cm³/mol. The molecule has 1 aliphatic heterocycles. The third-order valence-corrected chi connectivity index (χ3v) is 3.70. The van der Waals surface area contributed by atoms with E-state index in [1.165, 1.54) is 18.5 Å². The number of carbonyl (C=O) groups excluding carboxylic acids is 2. The fraction of sp³-hybridized carbons (Fsp3) is 0.333. The lowest BCUT2D eigenvalue weighted by atomic mass is 9.89. The van der Waals surface area contributed by atoms with E-state index in [9.17, 15) is 14.0 Å². The summed E-state index contributed by atoms with van der Waals surface area (Å²) in [5, 5.41) is 9.39. The summed E-state index contributed by atoms with van der Waals surface area (Å²) >= 11 is 0. The predicted octanol–water partition coefficient (Wildman–Crippen LogP) is 1.05. The van der Waals surface area contributed by atoms with E-state index in [0.29, 0.717) is 30.8 Å². The molecule has 1 atom stereocenters. The second kappa shape index (κ2) is 6.55. The Hall–Kier alpha value is -2.77. The average molecular weight is 317 g/mol. The van der Waals surface area contributed by atoms with E-state index in [-0.39, 0.29) is 18.2 Å². The number of aromatic nitrogens is 3. The number of hydrogen-bond acceptors (Lipinski definition) is 4. The van der Waals surface area contributed by atoms with Gasteiger partial charge in [-0.3, -0.25) is 14.3 Å². The topological polar surface area (TPSA) is 88.9 Å². The Balaban J connectivity index is 1.60. The molecule has 2 amide bonds. The van der Waals surface area contributed by atoms with Crippen LogP contribution in [-0.4, -0.2) is 33.1 Å². The van der Waals surface area contributed by atoms with Gasteiger partial charge >= 0.3 is 0 Å². The van der Waals surface area contributed by atoms with E-state index in [1.54, 1.807) is 17.1 Å². The first-order chi connectivity index (χ1) is 11.1. The van der Waals surface area contributed by atoms with Crippen molar-refractivity contribution in [2.75, 3.05) is 11.9 Å². The number of benzene rings is 1. The van der Waals surface area contributed by atoms with Crippen LogP contribution in [0.4, 0.5) is 10.1 Å². The standard InChI is InChI=1S/C15H16FN5O2/c16-10-2-3-11-12(7-14(22)20-13(11)6-10)15(23)18-4-1-5-21-9-17-8-19-21/h2-3,6,8-9,12H,1,4-5,7H2,(H,18,23)(H,20,22)/t12-/m0/s1. The summed E-state index contributed by atoms with van der Waals surface area (Å²) in [5.74, 6) is -1.55. The first-order valence-electron chi connectivity index (χ1n) is 7.33. The van der Waals surface area contributed by atoms with Crippen molar-refractivity contribution < 1.29 is 14.0 Å². The molecule has 0 saturated carbocycles. The van der Waals surface area contributed by atoms with Gasteiger partial charge in [-0.25, -0.2) is 9.37 Å². The molecule has 1 aliphatic rings. The molecule has 8 heteroatoms. The molecule has 1 aromatic heterocycles. The molecule has 2 N–H and O–H groups in total. The Morgan fingerprint density at radius 1 is 1.48 bits per heavy atom. The number of anilines is 1. The maximum atomic E-state index is 13.3. The molecule has 0 unspecified atom stereocenters. The summed E-state index contributed by atoms with van der Waals surface area (Å²) in [6, 6.07) is 4.07. The van der Waals surface area contributed by atoms with E-state index in [4.69, 9.17) is 0 Å². The van der Waals surface area contributed by atoms with Crippen molar-refractivity contribution in [2.24, 2.45) is 0 Å². The summed E-state index contributed by atoms with van der Waals surface area (Å²) in [4.78, 5) is 27.9. The van der Waals surface area contributed by atoms with Gasteiger partial charge in [0.05, 0.1) is 5.92 Å². The van der Waals surface area contributed by atoms with Crippen LogP contribution in [0.1, 0.15) is 24.3 Å². The van der Waals surface area contributed by atoms with E-state index >= 15 is 0 Å². The van der Waals surface area contributed by atoms with E-state index < -0.39 is 11.7 Å². The van der Waals surface area contributed by atoms with Crippen molar-refractivity contribution in [2.45, 2.75) is 25.3 Å². The number of nitrogens with one attached hydrogen (secondary N) is 2. The molecule has 0 aliphatic carbocycles. The normalized spacial score (nSPS) is 16.6. The van der Waals surface area contributed by atoms with E-state index in [0.717, 1.165) is 0 Å². The molecule has 0 fully saturated rings. The summed E-state index contributed by atoms with van der Waals surface area (Å²) in [7, 11) is 0. The minimum absolute atomic E-state index is 0.0630. The van der Waals surface area contributed by atoms with Crippen LogP contribution in [0.3, 0.4) is 0 Å². The van der Waals surface area contributed by atoms with Gasteiger partial charge in [-0.15, -0.1) is 0 Å². The smallest absolute Gasteiger partial charge is 0.228 e. The third-order valence-electron chi connectivity index (χ3n) is 3.70. The summed E-state index contributed by atoms with van der Waals surface area (Å²) in [6.07, 6.45) is 3.82. The highest BCUT2D eigenvalue weighted by atomic mass is 19.1. The fourth-order valence-corrected chi connectivity index (χ4v) is 2.60. The highest BCUT2D eigenvalue weighted by Gasteiger charge is 2.30. The molecular weight excluding hydrogens is 301 g/mol. The maximum absolute atomic E-state index is 13.3. The van der Waals surface area contributed by atoms with Gasteiger partial charge in [0, 0.05) is 25.2 Å². The molecule has 0 bridgehead atoms. The van der Waals surface area contributed by atoms with Crippen LogP contribution in [0.2, 0.25) is 0 Å². The number of fused-ring (bicyclic) bond motifs is 1. The molecular formula is C15H16FN5O2. The molecule has 3 rings (SSSR count). The first-order valence-corrected chi connectivity index (χ1v) is 7.33. The summed E-state index contributed by atoms with van der Waals surface area (Å²) in [6.45, 7) is 1.11. The molecule has 0 saturated heterocycles. The zero-order valence-corrected chi connectivity index (χ0v) is 12.3. The van der Waals surface area contributed by atoms with Gasteiger partial charge in [0.2, 0.25) is 11.8 Å². The molecule has 7 nitrogen and oxygen atoms in total. The number of hydrogen-bond donors (Lipinski definition) is 2. The van der Waals surface area contributed by atoms with Gasteiger partial charge < -0.3 is 10.6 Å². The zero-order chi connectivity index (χ0) is 16.2. The second-order valence-electron chi connectivity index (χ2n) is 5.34. The van der Waals surface area contributed by atoms with E-state index in [1.807, 2.05) is 0 Å². The molecule has 1 aromatic carbocycles. The highest BCUT2D eigenvalue weighted by Crippen LogP contribution is 2.32. The number of aryl methyl sites for hydroxylation is 1. The highest BCUT2D eigenvalue weighted by molar-refractivity contribution is 6.01. The van der Waals surface area contributed by atoms with Crippen LogP contribution < -0.4 is 10.6 Å². The molecule has 2 heterocycles. The van der Waals surface area contributed by atoms with Crippen molar-refractivity contribution in [3.05, 3.63) is 42.2 Å². The molecule has 23 heavy (non-hydrogen) atoms. The molecule has 2 aromatic rings. The van der Waals surface area contributed by atoms with Crippen LogP contribution in [0.25, 0.3) is 0 Å². The van der Waals surface area contributed by atoms with Crippen LogP contribution in [0, 0.1) is 5.82 Å². The second-order valence-corrected chi connectivity index (χ2v) is 5.34. The Labute approximate surface area is 131 Å². The van der Waals surface area contributed by atoms with E-state index in [2.05, 4.69) is 20.7 Å². The summed E-state index contributed by atoms with van der Waals surface area (Å²) < 4.78 is 14.9. The lowest BCUT2D eigenvalue weighted by Crippen LogP contribution is -2.35. The number of rotatable bonds is 5. The fourth-order valence-electron chi connectivity index (χ4n) is 2.60. The number of halogens is 1.